The molecule has 1 N–H and O–H groups in total. The van der Waals surface area contributed by atoms with Gasteiger partial charge in [0.05, 0.1) is 5.39 Å². The summed E-state index contributed by atoms with van der Waals surface area (Å²) in [5, 5.41) is 9.66. The van der Waals surface area contributed by atoms with Gasteiger partial charge < -0.3 is 9.67 Å². The summed E-state index contributed by atoms with van der Waals surface area (Å²) in [6.07, 6.45) is 0. The number of rotatable bonds is 3. The van der Waals surface area contributed by atoms with E-state index in [2.05, 4.69) is 0 Å². The molecular formula is C16H15N3O4. The number of nitrogens with zero attached hydrogens (tertiary/aromatic N) is 3. The maximum absolute atomic E-state index is 12.3. The molecule has 0 saturated carbocycles. The van der Waals surface area contributed by atoms with Gasteiger partial charge in [0.15, 0.2) is 0 Å². The number of aromatic nitrogens is 3. The smallest absolute Gasteiger partial charge is 0.352 e. The molecule has 7 nitrogen and oxygen atoms in total. The lowest BCUT2D eigenvalue weighted by molar-refractivity contribution is 0.0686. The highest BCUT2D eigenvalue weighted by Crippen LogP contribution is 2.17. The molecule has 23 heavy (non-hydrogen) atoms. The van der Waals surface area contributed by atoms with Crippen LogP contribution in [0.4, 0.5) is 0 Å². The highest BCUT2D eigenvalue weighted by molar-refractivity contribution is 5.93. The summed E-state index contributed by atoms with van der Waals surface area (Å²) in [4.78, 5) is 36.0. The van der Waals surface area contributed by atoms with Gasteiger partial charge in [-0.05, 0) is 11.6 Å². The number of aryl methyl sites for hydroxylation is 1. The van der Waals surface area contributed by atoms with E-state index in [-0.39, 0.29) is 17.6 Å². The summed E-state index contributed by atoms with van der Waals surface area (Å²) >= 11 is 0. The topological polar surface area (TPSA) is 86.2 Å². The lowest BCUT2D eigenvalue weighted by Gasteiger charge is -2.11. The Morgan fingerprint density at radius 1 is 1.09 bits per heavy atom. The first-order chi connectivity index (χ1) is 10.9. The largest absolute Gasteiger partial charge is 0.477 e. The van der Waals surface area contributed by atoms with Crippen LogP contribution in [0.2, 0.25) is 0 Å². The summed E-state index contributed by atoms with van der Waals surface area (Å²) in [7, 11) is 2.90. The molecule has 0 unspecified atom stereocenters. The summed E-state index contributed by atoms with van der Waals surface area (Å²) in [5.41, 5.74) is 0.159. The van der Waals surface area contributed by atoms with Crippen LogP contribution in [-0.4, -0.2) is 24.8 Å². The van der Waals surface area contributed by atoms with Gasteiger partial charge >= 0.3 is 11.7 Å². The third-order valence-corrected chi connectivity index (χ3v) is 3.90. The Labute approximate surface area is 130 Å². The number of carboxylic acids is 1. The van der Waals surface area contributed by atoms with Crippen LogP contribution in [0.3, 0.4) is 0 Å². The maximum Gasteiger partial charge on any atom is 0.352 e. The fraction of sp³-hybridized carbons (Fsp3) is 0.188. The second kappa shape index (κ2) is 5.28. The van der Waals surface area contributed by atoms with Crippen LogP contribution in [0.1, 0.15) is 16.1 Å². The van der Waals surface area contributed by atoms with E-state index in [1.54, 1.807) is 0 Å². The zero-order valence-corrected chi connectivity index (χ0v) is 12.7. The Morgan fingerprint density at radius 2 is 1.74 bits per heavy atom. The van der Waals surface area contributed by atoms with E-state index in [0.717, 1.165) is 10.1 Å². The van der Waals surface area contributed by atoms with Crippen LogP contribution in [0.25, 0.3) is 11.0 Å². The van der Waals surface area contributed by atoms with Gasteiger partial charge in [-0.2, -0.15) is 0 Å². The zero-order valence-electron chi connectivity index (χ0n) is 12.7. The molecule has 0 atom stereocenters. The van der Waals surface area contributed by atoms with E-state index >= 15 is 0 Å². The van der Waals surface area contributed by atoms with Gasteiger partial charge in [-0.15, -0.1) is 0 Å². The Balaban J connectivity index is 2.39. The fourth-order valence-corrected chi connectivity index (χ4v) is 2.74. The van der Waals surface area contributed by atoms with Crippen LogP contribution in [-0.2, 0) is 20.6 Å². The molecule has 0 spiro atoms. The van der Waals surface area contributed by atoms with Gasteiger partial charge in [0.25, 0.3) is 5.56 Å². The molecule has 0 fully saturated rings. The SMILES string of the molecule is Cn1c(=O)c2cc(C(=O)O)n(Cc3ccccc3)c2n(C)c1=O. The minimum Gasteiger partial charge on any atom is -0.477 e. The first-order valence-corrected chi connectivity index (χ1v) is 6.98. The fourth-order valence-electron chi connectivity index (χ4n) is 2.74. The number of carboxylic acid groups (broad SMARTS) is 1. The summed E-state index contributed by atoms with van der Waals surface area (Å²) < 4.78 is 3.75. The van der Waals surface area contributed by atoms with Crippen LogP contribution < -0.4 is 11.2 Å². The summed E-state index contributed by atoms with van der Waals surface area (Å²) in [5.74, 6) is -1.15. The lowest BCUT2D eigenvalue weighted by Crippen LogP contribution is -2.37. The Morgan fingerprint density at radius 3 is 2.35 bits per heavy atom. The second-order valence-electron chi connectivity index (χ2n) is 5.35. The van der Waals surface area contributed by atoms with Gasteiger partial charge in [-0.25, -0.2) is 9.59 Å². The van der Waals surface area contributed by atoms with Crippen molar-refractivity contribution in [3.63, 3.8) is 0 Å². The molecule has 0 amide bonds. The van der Waals surface area contributed by atoms with Crippen molar-refractivity contribution in [3.05, 3.63) is 68.5 Å². The predicted molar refractivity (Wildman–Crippen MR) is 84.9 cm³/mol. The average molecular weight is 313 g/mol. The first kappa shape index (κ1) is 14.8. The van der Waals surface area contributed by atoms with Crippen LogP contribution in [0.15, 0.2) is 46.0 Å². The monoisotopic (exact) mass is 313 g/mol. The Kier molecular flexibility index (Phi) is 3.40. The number of fused-ring (bicyclic) bond motifs is 1. The van der Waals surface area contributed by atoms with Crippen molar-refractivity contribution in [3.8, 4) is 0 Å². The standard InChI is InChI=1S/C16H15N3O4/c1-17-13-11(14(20)18(2)16(17)23)8-12(15(21)22)19(13)9-10-6-4-3-5-7-10/h3-8H,9H2,1-2H3,(H,21,22). The molecule has 0 aliphatic carbocycles. The second-order valence-corrected chi connectivity index (χ2v) is 5.35. The third-order valence-electron chi connectivity index (χ3n) is 3.90. The van der Waals surface area contributed by atoms with Gasteiger partial charge in [0.2, 0.25) is 0 Å². The van der Waals surface area contributed by atoms with Crippen molar-refractivity contribution in [2.45, 2.75) is 6.54 Å². The number of aromatic carboxylic acids is 1. The molecule has 0 bridgehead atoms. The van der Waals surface area contributed by atoms with Crippen molar-refractivity contribution in [2.75, 3.05) is 0 Å². The van der Waals surface area contributed by atoms with E-state index in [4.69, 9.17) is 0 Å². The molecule has 3 aromatic rings. The van der Waals surface area contributed by atoms with Crippen LogP contribution >= 0.6 is 0 Å². The lowest BCUT2D eigenvalue weighted by atomic mass is 10.2. The number of benzene rings is 1. The molecule has 3 rings (SSSR count). The number of carbonyl (C=O) groups is 1. The van der Waals surface area contributed by atoms with Crippen LogP contribution in [0.5, 0.6) is 0 Å². The molecule has 0 radical (unpaired) electrons. The van der Waals surface area contributed by atoms with E-state index in [9.17, 15) is 19.5 Å². The minimum absolute atomic E-state index is 0.0258. The molecule has 0 aliphatic rings. The van der Waals surface area contributed by atoms with Crippen molar-refractivity contribution in [1.29, 1.82) is 0 Å². The van der Waals surface area contributed by atoms with Crippen molar-refractivity contribution in [1.82, 2.24) is 13.7 Å². The maximum atomic E-state index is 12.3. The Bertz CT molecular complexity index is 1030. The van der Waals surface area contributed by atoms with Crippen molar-refractivity contribution < 1.29 is 9.90 Å². The summed E-state index contributed by atoms with van der Waals surface area (Å²) in [6, 6.07) is 10.6. The Hall–Kier alpha value is -3.09. The summed E-state index contributed by atoms with van der Waals surface area (Å²) in [6.45, 7) is 0.256. The van der Waals surface area contributed by atoms with Gasteiger partial charge in [0, 0.05) is 20.6 Å². The van der Waals surface area contributed by atoms with E-state index < -0.39 is 17.2 Å². The van der Waals surface area contributed by atoms with E-state index in [1.165, 1.54) is 29.3 Å². The average Bonchev–Trinajstić information content (AvgIpc) is 2.91. The molecule has 118 valence electrons. The van der Waals surface area contributed by atoms with Gasteiger partial charge in [-0.1, -0.05) is 30.3 Å². The molecule has 0 aliphatic heterocycles. The van der Waals surface area contributed by atoms with Gasteiger partial charge in [0.1, 0.15) is 11.3 Å². The zero-order chi connectivity index (χ0) is 16.7. The molecule has 0 saturated heterocycles. The normalized spacial score (nSPS) is 11.0. The molecule has 2 aromatic heterocycles. The van der Waals surface area contributed by atoms with Gasteiger partial charge in [-0.3, -0.25) is 13.9 Å². The molecule has 2 heterocycles. The number of hydrogen-bond donors (Lipinski definition) is 1. The van der Waals surface area contributed by atoms with Crippen molar-refractivity contribution >= 4 is 17.0 Å². The highest BCUT2D eigenvalue weighted by Gasteiger charge is 2.20. The van der Waals surface area contributed by atoms with Crippen LogP contribution in [0, 0.1) is 0 Å². The van der Waals surface area contributed by atoms with E-state index in [0.29, 0.717) is 5.65 Å². The molecule has 7 heteroatoms. The quantitative estimate of drug-likeness (QED) is 0.774. The van der Waals surface area contributed by atoms with Crippen molar-refractivity contribution in [2.24, 2.45) is 14.1 Å². The predicted octanol–water partition coefficient (Wildman–Crippen LogP) is 0.785. The third kappa shape index (κ3) is 2.26. The minimum atomic E-state index is -1.15. The highest BCUT2D eigenvalue weighted by atomic mass is 16.4. The van der Waals surface area contributed by atoms with E-state index in [1.807, 2.05) is 30.3 Å². The first-order valence-electron chi connectivity index (χ1n) is 6.98. The molecule has 1 aromatic carbocycles. The molecular weight excluding hydrogens is 298 g/mol. The number of hydrogen-bond acceptors (Lipinski definition) is 3.